The number of nitrogens with zero attached hydrogens (tertiary/aromatic N) is 2. The fourth-order valence-electron chi connectivity index (χ4n) is 4.61. The minimum atomic E-state index is -0.667. The van der Waals surface area contributed by atoms with E-state index in [2.05, 4.69) is 4.98 Å². The molecule has 6 nitrogen and oxygen atoms in total. The molecule has 2 heterocycles. The molecule has 0 bridgehead atoms. The van der Waals surface area contributed by atoms with Gasteiger partial charge >= 0.3 is 5.69 Å². The van der Waals surface area contributed by atoms with Crippen molar-refractivity contribution in [2.24, 2.45) is 5.92 Å². The second-order valence-corrected chi connectivity index (χ2v) is 8.01. The van der Waals surface area contributed by atoms with Gasteiger partial charge in [0, 0.05) is 11.6 Å². The zero-order valence-corrected chi connectivity index (χ0v) is 14.2. The summed E-state index contributed by atoms with van der Waals surface area (Å²) in [6.07, 6.45) is 6.56. The van der Waals surface area contributed by atoms with E-state index in [0.29, 0.717) is 24.6 Å². The van der Waals surface area contributed by atoms with Crippen molar-refractivity contribution in [3.63, 3.8) is 0 Å². The molecule has 25 heavy (non-hydrogen) atoms. The molecule has 2 N–H and O–H groups in total. The maximum Gasteiger partial charge on any atom is 0.326 e. The van der Waals surface area contributed by atoms with Crippen LogP contribution in [0.4, 0.5) is 0 Å². The van der Waals surface area contributed by atoms with E-state index in [-0.39, 0.29) is 17.6 Å². The first kappa shape index (κ1) is 15.2. The molecule has 1 aromatic heterocycles. The van der Waals surface area contributed by atoms with Crippen LogP contribution in [-0.2, 0) is 0 Å². The third-order valence-electron chi connectivity index (χ3n) is 6.21. The number of likely N-dealkylation sites (tertiary alicyclic amines) is 1. The first-order chi connectivity index (χ1) is 12.0. The number of amides is 1. The normalized spacial score (nSPS) is 23.2. The topological polar surface area (TPSA) is 78.3 Å². The smallest absolute Gasteiger partial charge is 0.326 e. The molecule has 3 fully saturated rings. The van der Waals surface area contributed by atoms with Crippen LogP contribution in [0.1, 0.15) is 54.9 Å². The lowest BCUT2D eigenvalue weighted by Gasteiger charge is -2.47. The van der Waals surface area contributed by atoms with Gasteiger partial charge in [-0.1, -0.05) is 12.8 Å². The van der Waals surface area contributed by atoms with Gasteiger partial charge in [0.25, 0.3) is 5.91 Å². The van der Waals surface area contributed by atoms with Gasteiger partial charge in [-0.2, -0.15) is 0 Å². The molecular weight excluding hydrogens is 318 g/mol. The van der Waals surface area contributed by atoms with E-state index in [9.17, 15) is 14.7 Å². The number of imidazole rings is 1. The quantitative estimate of drug-likeness (QED) is 0.897. The van der Waals surface area contributed by atoms with E-state index in [0.717, 1.165) is 36.7 Å². The maximum atomic E-state index is 12.7. The fraction of sp³-hybridized carbons (Fsp3) is 0.579. The highest BCUT2D eigenvalue weighted by atomic mass is 16.3. The Kier molecular flexibility index (Phi) is 3.17. The number of benzene rings is 1. The van der Waals surface area contributed by atoms with E-state index in [1.807, 2.05) is 10.6 Å². The average Bonchev–Trinajstić information content (AvgIpc) is 3.19. The highest BCUT2D eigenvalue weighted by molar-refractivity contribution is 5.98. The van der Waals surface area contributed by atoms with Crippen molar-refractivity contribution in [3.8, 4) is 0 Å². The van der Waals surface area contributed by atoms with Gasteiger partial charge in [-0.05, 0) is 49.8 Å². The molecule has 2 aliphatic carbocycles. The van der Waals surface area contributed by atoms with E-state index in [4.69, 9.17) is 0 Å². The minimum Gasteiger partial charge on any atom is -0.386 e. The SMILES string of the molecule is O=C(c1ccc2c(c1)[nH]c(=O)n2C1CCCC1)N1CC(O)(C2CC2)C1. The number of H-pyrrole nitrogens is 1. The average molecular weight is 341 g/mol. The Morgan fingerprint density at radius 3 is 2.56 bits per heavy atom. The van der Waals surface area contributed by atoms with Crippen LogP contribution in [0.2, 0.25) is 0 Å². The number of aliphatic hydroxyl groups is 1. The van der Waals surface area contributed by atoms with Crippen molar-refractivity contribution in [1.29, 1.82) is 0 Å². The van der Waals surface area contributed by atoms with Crippen LogP contribution >= 0.6 is 0 Å². The number of hydrogen-bond donors (Lipinski definition) is 2. The molecule has 6 heteroatoms. The predicted octanol–water partition coefficient (Wildman–Crippen LogP) is 2.04. The van der Waals surface area contributed by atoms with Crippen LogP contribution < -0.4 is 5.69 Å². The molecule has 3 aliphatic rings. The fourth-order valence-corrected chi connectivity index (χ4v) is 4.61. The van der Waals surface area contributed by atoms with Crippen LogP contribution in [0.5, 0.6) is 0 Å². The standard InChI is InChI=1S/C19H23N3O3/c23-17(21-10-19(25,11-21)13-6-7-13)12-5-8-16-15(9-12)20-18(24)22(16)14-3-1-2-4-14/h5,8-9,13-14,25H,1-4,6-7,10-11H2,(H,20,24). The Labute approximate surface area is 145 Å². The molecule has 132 valence electrons. The second kappa shape index (κ2) is 5.21. The summed E-state index contributed by atoms with van der Waals surface area (Å²) >= 11 is 0. The van der Waals surface area contributed by atoms with Crippen LogP contribution in [0, 0.1) is 5.92 Å². The number of fused-ring (bicyclic) bond motifs is 1. The minimum absolute atomic E-state index is 0.0679. The number of rotatable bonds is 3. The molecule has 1 aromatic carbocycles. The molecule has 0 spiro atoms. The summed E-state index contributed by atoms with van der Waals surface area (Å²) in [5, 5.41) is 10.4. The number of hydrogen-bond acceptors (Lipinski definition) is 3. The third kappa shape index (κ3) is 2.34. The molecule has 2 aromatic rings. The monoisotopic (exact) mass is 341 g/mol. The number of aromatic amines is 1. The molecular formula is C19H23N3O3. The largest absolute Gasteiger partial charge is 0.386 e. The van der Waals surface area contributed by atoms with E-state index in [1.165, 1.54) is 12.8 Å². The highest BCUT2D eigenvalue weighted by Gasteiger charge is 2.53. The van der Waals surface area contributed by atoms with E-state index in [1.54, 1.807) is 17.0 Å². The van der Waals surface area contributed by atoms with Crippen molar-refractivity contribution >= 4 is 16.9 Å². The van der Waals surface area contributed by atoms with E-state index < -0.39 is 5.60 Å². The lowest BCUT2D eigenvalue weighted by Crippen LogP contribution is -2.64. The van der Waals surface area contributed by atoms with Crippen molar-refractivity contribution in [2.75, 3.05) is 13.1 Å². The number of aromatic nitrogens is 2. The van der Waals surface area contributed by atoms with Crippen molar-refractivity contribution < 1.29 is 9.90 Å². The number of β-amino-alcohol motifs (C(OH)–C–C–N with tert-alkyl or cyclic N) is 1. The molecule has 1 aliphatic heterocycles. The lowest BCUT2D eigenvalue weighted by atomic mass is 9.88. The van der Waals surface area contributed by atoms with Gasteiger partial charge in [-0.3, -0.25) is 9.36 Å². The lowest BCUT2D eigenvalue weighted by molar-refractivity contribution is -0.0958. The van der Waals surface area contributed by atoms with Crippen LogP contribution in [0.25, 0.3) is 11.0 Å². The molecule has 0 atom stereocenters. The maximum absolute atomic E-state index is 12.7. The molecule has 2 saturated carbocycles. The van der Waals surface area contributed by atoms with Gasteiger partial charge < -0.3 is 15.0 Å². The number of carbonyl (C=O) groups excluding carboxylic acids is 1. The van der Waals surface area contributed by atoms with E-state index >= 15 is 0 Å². The number of nitrogens with one attached hydrogen (secondary N) is 1. The van der Waals surface area contributed by atoms with Gasteiger partial charge in [-0.15, -0.1) is 0 Å². The Morgan fingerprint density at radius 1 is 1.16 bits per heavy atom. The van der Waals surface area contributed by atoms with Crippen LogP contribution in [-0.4, -0.2) is 44.2 Å². The van der Waals surface area contributed by atoms with Gasteiger partial charge in [0.1, 0.15) is 5.60 Å². The zero-order chi connectivity index (χ0) is 17.2. The summed E-state index contributed by atoms with van der Waals surface area (Å²) in [4.78, 5) is 29.6. The zero-order valence-electron chi connectivity index (χ0n) is 14.2. The van der Waals surface area contributed by atoms with Gasteiger partial charge in [-0.25, -0.2) is 4.79 Å². The summed E-state index contributed by atoms with van der Waals surface area (Å²) in [7, 11) is 0. The Morgan fingerprint density at radius 2 is 1.88 bits per heavy atom. The molecule has 0 unspecified atom stereocenters. The Hall–Kier alpha value is -2.08. The van der Waals surface area contributed by atoms with Crippen molar-refractivity contribution in [1.82, 2.24) is 14.5 Å². The first-order valence-electron chi connectivity index (χ1n) is 9.31. The summed E-state index contributed by atoms with van der Waals surface area (Å²) in [6, 6.07) is 5.73. The van der Waals surface area contributed by atoms with Crippen molar-refractivity contribution in [2.45, 2.75) is 50.2 Å². The van der Waals surface area contributed by atoms with Gasteiger partial charge in [0.05, 0.1) is 24.1 Å². The highest BCUT2D eigenvalue weighted by Crippen LogP contribution is 2.44. The van der Waals surface area contributed by atoms with Gasteiger partial charge in [0.15, 0.2) is 0 Å². The van der Waals surface area contributed by atoms with Crippen LogP contribution in [0.3, 0.4) is 0 Å². The summed E-state index contributed by atoms with van der Waals surface area (Å²) < 4.78 is 1.85. The van der Waals surface area contributed by atoms with Crippen LogP contribution in [0.15, 0.2) is 23.0 Å². The molecule has 0 radical (unpaired) electrons. The van der Waals surface area contributed by atoms with Gasteiger partial charge in [0.2, 0.25) is 0 Å². The first-order valence-corrected chi connectivity index (χ1v) is 9.31. The third-order valence-corrected chi connectivity index (χ3v) is 6.21. The summed E-state index contributed by atoms with van der Waals surface area (Å²) in [5.41, 5.74) is 1.43. The Balaban J connectivity index is 1.41. The second-order valence-electron chi connectivity index (χ2n) is 8.01. The Bertz CT molecular complexity index is 896. The summed E-state index contributed by atoms with van der Waals surface area (Å²) in [5.74, 6) is 0.303. The summed E-state index contributed by atoms with van der Waals surface area (Å²) in [6.45, 7) is 0.849. The van der Waals surface area contributed by atoms with Crippen molar-refractivity contribution in [3.05, 3.63) is 34.2 Å². The molecule has 5 rings (SSSR count). The number of carbonyl (C=O) groups is 1. The predicted molar refractivity (Wildman–Crippen MR) is 93.6 cm³/mol. The molecule has 1 saturated heterocycles. The molecule has 1 amide bonds.